The fourth-order valence-corrected chi connectivity index (χ4v) is 2.73. The predicted octanol–water partition coefficient (Wildman–Crippen LogP) is 2.54. The van der Waals surface area contributed by atoms with Crippen LogP contribution in [0.15, 0.2) is 0 Å². The van der Waals surface area contributed by atoms with E-state index in [4.69, 9.17) is 18.0 Å². The van der Waals surface area contributed by atoms with Gasteiger partial charge in [0.15, 0.2) is 0 Å². The maximum absolute atomic E-state index is 5.64. The molecule has 1 heterocycles. The maximum atomic E-state index is 5.64. The molecule has 1 rings (SSSR count). The smallest absolute Gasteiger partial charge is 0.116 e. The van der Waals surface area contributed by atoms with Gasteiger partial charge in [0, 0.05) is 6.42 Å². The second kappa shape index (κ2) is 4.84. The van der Waals surface area contributed by atoms with E-state index in [1.54, 1.807) is 11.3 Å². The minimum Gasteiger partial charge on any atom is -0.389 e. The van der Waals surface area contributed by atoms with Crippen LogP contribution in [0.1, 0.15) is 36.3 Å². The van der Waals surface area contributed by atoms with Crippen molar-refractivity contribution in [2.24, 2.45) is 11.7 Å². The Hall–Kier alpha value is -0.480. The van der Waals surface area contributed by atoms with Crippen molar-refractivity contribution in [1.82, 2.24) is 4.98 Å². The van der Waals surface area contributed by atoms with Crippen LogP contribution in [-0.2, 0) is 12.8 Å². The summed E-state index contributed by atoms with van der Waals surface area (Å²) in [4.78, 5) is 6.02. The normalized spacial score (nSPS) is 10.9. The van der Waals surface area contributed by atoms with Crippen molar-refractivity contribution in [3.63, 3.8) is 0 Å². The Morgan fingerprint density at radius 3 is 2.57 bits per heavy atom. The average molecular weight is 228 g/mol. The van der Waals surface area contributed by atoms with Crippen LogP contribution in [0, 0.1) is 5.92 Å². The Morgan fingerprint density at radius 1 is 1.57 bits per heavy atom. The van der Waals surface area contributed by atoms with E-state index in [0.717, 1.165) is 28.4 Å². The first-order chi connectivity index (χ1) is 6.54. The Labute approximate surface area is 94.5 Å². The van der Waals surface area contributed by atoms with Crippen LogP contribution < -0.4 is 5.73 Å². The van der Waals surface area contributed by atoms with Gasteiger partial charge in [-0.3, -0.25) is 0 Å². The van der Waals surface area contributed by atoms with Gasteiger partial charge in [0.25, 0.3) is 0 Å². The van der Waals surface area contributed by atoms with Crippen LogP contribution in [0.2, 0.25) is 0 Å². The number of thiazole rings is 1. The minimum atomic E-state index is 0.481. The molecule has 2 nitrogen and oxygen atoms in total. The molecule has 0 fully saturated rings. The molecule has 0 aromatic carbocycles. The second-order valence-corrected chi connectivity index (χ2v) is 5.22. The summed E-state index contributed by atoms with van der Waals surface area (Å²) in [7, 11) is 0. The van der Waals surface area contributed by atoms with Gasteiger partial charge in [-0.1, -0.05) is 33.0 Å². The van der Waals surface area contributed by atoms with E-state index in [9.17, 15) is 0 Å². The molecule has 4 heteroatoms. The third-order valence-corrected chi connectivity index (χ3v) is 3.37. The summed E-state index contributed by atoms with van der Waals surface area (Å²) in [6, 6.07) is 0. The molecule has 2 N–H and O–H groups in total. The highest BCUT2D eigenvalue weighted by atomic mass is 32.1. The van der Waals surface area contributed by atoms with Crippen molar-refractivity contribution in [1.29, 1.82) is 0 Å². The van der Waals surface area contributed by atoms with Crippen molar-refractivity contribution < 1.29 is 0 Å². The number of thiocarbonyl (C=S) groups is 1. The van der Waals surface area contributed by atoms with E-state index in [1.165, 1.54) is 0 Å². The highest BCUT2D eigenvalue weighted by Gasteiger charge is 2.12. The van der Waals surface area contributed by atoms with Crippen LogP contribution in [0.25, 0.3) is 0 Å². The van der Waals surface area contributed by atoms with E-state index in [-0.39, 0.29) is 0 Å². The molecule has 1 aromatic heterocycles. The lowest BCUT2D eigenvalue weighted by molar-refractivity contribution is 0.643. The Bertz CT molecular complexity index is 329. The fraction of sp³-hybridized carbons (Fsp3) is 0.600. The monoisotopic (exact) mass is 228 g/mol. The number of aryl methyl sites for hydroxylation is 1. The average Bonchev–Trinajstić information content (AvgIpc) is 2.46. The van der Waals surface area contributed by atoms with Crippen molar-refractivity contribution in [2.45, 2.75) is 33.6 Å². The quantitative estimate of drug-likeness (QED) is 0.805. The molecule has 14 heavy (non-hydrogen) atoms. The second-order valence-electron chi connectivity index (χ2n) is 3.70. The third-order valence-electron chi connectivity index (χ3n) is 1.88. The van der Waals surface area contributed by atoms with Crippen LogP contribution in [0.3, 0.4) is 0 Å². The molecule has 0 spiro atoms. The summed E-state index contributed by atoms with van der Waals surface area (Å²) in [6.45, 7) is 6.46. The largest absolute Gasteiger partial charge is 0.389 e. The summed E-state index contributed by atoms with van der Waals surface area (Å²) in [5.41, 5.74) is 6.69. The molecular formula is C10H16N2S2. The molecule has 0 amide bonds. The van der Waals surface area contributed by atoms with Gasteiger partial charge in [-0.25, -0.2) is 4.98 Å². The minimum absolute atomic E-state index is 0.481. The number of aromatic nitrogens is 1. The van der Waals surface area contributed by atoms with Crippen LogP contribution in [0.5, 0.6) is 0 Å². The lowest BCUT2D eigenvalue weighted by Gasteiger charge is -1.98. The summed E-state index contributed by atoms with van der Waals surface area (Å²) in [6.07, 6.45) is 1.92. The molecule has 0 unspecified atom stereocenters. The first-order valence-corrected chi connectivity index (χ1v) is 6.05. The molecule has 0 radical (unpaired) electrons. The van der Waals surface area contributed by atoms with E-state index >= 15 is 0 Å². The zero-order valence-electron chi connectivity index (χ0n) is 8.83. The van der Waals surface area contributed by atoms with E-state index in [0.29, 0.717) is 10.9 Å². The zero-order chi connectivity index (χ0) is 10.7. The SMILES string of the molecule is CCc1nc(CC(C)C)sc1C(N)=S. The molecule has 0 atom stereocenters. The van der Waals surface area contributed by atoms with E-state index < -0.39 is 0 Å². The molecule has 78 valence electrons. The summed E-state index contributed by atoms with van der Waals surface area (Å²) >= 11 is 6.63. The zero-order valence-corrected chi connectivity index (χ0v) is 10.5. The first kappa shape index (κ1) is 11.6. The molecule has 0 aliphatic carbocycles. The standard InChI is InChI=1S/C10H16N2S2/c1-4-7-9(10(11)13)14-8(12-7)5-6(2)3/h6H,4-5H2,1-3H3,(H2,11,13). The molecule has 1 aromatic rings. The van der Waals surface area contributed by atoms with Crippen molar-refractivity contribution in [3.05, 3.63) is 15.6 Å². The lowest BCUT2D eigenvalue weighted by Crippen LogP contribution is -2.09. The summed E-state index contributed by atoms with van der Waals surface area (Å²) < 4.78 is 0. The van der Waals surface area contributed by atoms with Gasteiger partial charge in [-0.2, -0.15) is 0 Å². The number of nitrogens with two attached hydrogens (primary N) is 1. The Balaban J connectivity index is 2.94. The topological polar surface area (TPSA) is 38.9 Å². The maximum Gasteiger partial charge on any atom is 0.116 e. The van der Waals surface area contributed by atoms with Crippen LogP contribution in [-0.4, -0.2) is 9.97 Å². The van der Waals surface area contributed by atoms with Crippen molar-refractivity contribution in [2.75, 3.05) is 0 Å². The molecule has 0 bridgehead atoms. The highest BCUT2D eigenvalue weighted by Crippen LogP contribution is 2.21. The molecular weight excluding hydrogens is 212 g/mol. The molecule has 0 saturated heterocycles. The van der Waals surface area contributed by atoms with Gasteiger partial charge in [-0.15, -0.1) is 11.3 Å². The van der Waals surface area contributed by atoms with Crippen LogP contribution >= 0.6 is 23.6 Å². The van der Waals surface area contributed by atoms with Crippen LogP contribution in [0.4, 0.5) is 0 Å². The van der Waals surface area contributed by atoms with Gasteiger partial charge >= 0.3 is 0 Å². The molecule has 0 saturated carbocycles. The number of hydrogen-bond acceptors (Lipinski definition) is 3. The van der Waals surface area contributed by atoms with E-state index in [2.05, 4.69) is 25.8 Å². The number of rotatable bonds is 4. The number of hydrogen-bond donors (Lipinski definition) is 1. The van der Waals surface area contributed by atoms with Gasteiger partial charge in [0.05, 0.1) is 15.6 Å². The van der Waals surface area contributed by atoms with Gasteiger partial charge < -0.3 is 5.73 Å². The van der Waals surface area contributed by atoms with Gasteiger partial charge in [0.1, 0.15) is 4.99 Å². The van der Waals surface area contributed by atoms with Gasteiger partial charge in [-0.05, 0) is 12.3 Å². The predicted molar refractivity (Wildman–Crippen MR) is 65.9 cm³/mol. The van der Waals surface area contributed by atoms with Gasteiger partial charge in [0.2, 0.25) is 0 Å². The van der Waals surface area contributed by atoms with Crippen molar-refractivity contribution >= 4 is 28.5 Å². The van der Waals surface area contributed by atoms with Crippen molar-refractivity contribution in [3.8, 4) is 0 Å². The number of nitrogens with zero attached hydrogens (tertiary/aromatic N) is 1. The first-order valence-electron chi connectivity index (χ1n) is 4.83. The lowest BCUT2D eigenvalue weighted by atomic mass is 10.1. The fourth-order valence-electron chi connectivity index (χ4n) is 1.27. The Kier molecular flexibility index (Phi) is 4.01. The Morgan fingerprint density at radius 2 is 2.21 bits per heavy atom. The highest BCUT2D eigenvalue weighted by molar-refractivity contribution is 7.81. The molecule has 0 aliphatic heterocycles. The summed E-state index contributed by atoms with van der Waals surface area (Å²) in [5.74, 6) is 0.630. The summed E-state index contributed by atoms with van der Waals surface area (Å²) in [5, 5.41) is 1.15. The third kappa shape index (κ3) is 2.75. The van der Waals surface area contributed by atoms with E-state index in [1.807, 2.05) is 0 Å². The molecule has 0 aliphatic rings.